The molecule has 0 aliphatic heterocycles. The van der Waals surface area contributed by atoms with Gasteiger partial charge in [0.15, 0.2) is 0 Å². The number of rotatable bonds is 7. The second kappa shape index (κ2) is 8.81. The van der Waals surface area contributed by atoms with Gasteiger partial charge in [0.25, 0.3) is 5.91 Å². The number of aryl methyl sites for hydroxylation is 2. The third-order valence-electron chi connectivity index (χ3n) is 4.83. The third kappa shape index (κ3) is 4.29. The molecule has 1 aromatic heterocycles. The molecule has 0 saturated heterocycles. The average molecular weight is 427 g/mol. The number of hydrogen-bond acceptors (Lipinski definition) is 4. The summed E-state index contributed by atoms with van der Waals surface area (Å²) in [4.78, 5) is 13.0. The average Bonchev–Trinajstić information content (AvgIpc) is 3.07. The normalized spacial score (nSPS) is 11.6. The van der Waals surface area contributed by atoms with Gasteiger partial charge in [-0.1, -0.05) is 32.0 Å². The number of para-hydroxylation sites is 2. The van der Waals surface area contributed by atoms with E-state index in [1.165, 1.54) is 16.4 Å². The molecule has 0 unspecified atom stereocenters. The fourth-order valence-electron chi connectivity index (χ4n) is 3.34. The molecule has 1 N–H and O–H groups in total. The molecule has 3 aromatic rings. The van der Waals surface area contributed by atoms with Crippen molar-refractivity contribution in [3.8, 4) is 5.69 Å². The summed E-state index contributed by atoms with van der Waals surface area (Å²) < 4.78 is 28.7. The number of sulfonamides is 1. The zero-order valence-corrected chi connectivity index (χ0v) is 18.4. The molecule has 158 valence electrons. The molecule has 2 aromatic carbocycles. The van der Waals surface area contributed by atoms with Gasteiger partial charge in [-0.15, -0.1) is 0 Å². The summed E-state index contributed by atoms with van der Waals surface area (Å²) in [6, 6.07) is 15.4. The summed E-state index contributed by atoms with van der Waals surface area (Å²) in [5.74, 6) is -0.388. The molecule has 1 amide bonds. The highest BCUT2D eigenvalue weighted by molar-refractivity contribution is 7.89. The minimum atomic E-state index is -3.64. The van der Waals surface area contributed by atoms with E-state index in [1.54, 1.807) is 36.7 Å². The highest BCUT2D eigenvalue weighted by atomic mass is 32.2. The molecule has 1 heterocycles. The van der Waals surface area contributed by atoms with Crippen molar-refractivity contribution in [2.75, 3.05) is 18.4 Å². The van der Waals surface area contributed by atoms with Crippen molar-refractivity contribution in [2.45, 2.75) is 32.6 Å². The zero-order chi connectivity index (χ0) is 21.9. The molecule has 30 heavy (non-hydrogen) atoms. The molecule has 0 fully saturated rings. The first-order valence-electron chi connectivity index (χ1n) is 9.82. The Morgan fingerprint density at radius 2 is 1.73 bits per heavy atom. The monoisotopic (exact) mass is 426 g/mol. The molecule has 0 bridgehead atoms. The van der Waals surface area contributed by atoms with Crippen molar-refractivity contribution in [3.63, 3.8) is 0 Å². The van der Waals surface area contributed by atoms with Crippen LogP contribution in [0.1, 0.15) is 35.6 Å². The van der Waals surface area contributed by atoms with Crippen LogP contribution in [-0.4, -0.2) is 41.5 Å². The number of carbonyl (C=O) groups excluding carboxylic acids is 1. The largest absolute Gasteiger partial charge is 0.320 e. The Bertz CT molecular complexity index is 1160. The van der Waals surface area contributed by atoms with Gasteiger partial charge in [-0.3, -0.25) is 4.79 Å². The molecule has 0 spiro atoms. The minimum Gasteiger partial charge on any atom is -0.320 e. The molecule has 8 heteroatoms. The van der Waals surface area contributed by atoms with Crippen LogP contribution in [0.25, 0.3) is 5.69 Å². The molecule has 3 rings (SSSR count). The summed E-state index contributed by atoms with van der Waals surface area (Å²) in [5.41, 5.74) is 3.42. The van der Waals surface area contributed by atoms with Crippen LogP contribution in [-0.2, 0) is 10.0 Å². The smallest absolute Gasteiger partial charge is 0.255 e. The summed E-state index contributed by atoms with van der Waals surface area (Å²) in [6.45, 7) is 8.16. The Labute approximate surface area is 177 Å². The fourth-order valence-corrected chi connectivity index (χ4v) is 4.85. The van der Waals surface area contributed by atoms with E-state index in [0.29, 0.717) is 18.8 Å². The fraction of sp³-hybridized carbons (Fsp3) is 0.273. The van der Waals surface area contributed by atoms with Gasteiger partial charge < -0.3 is 5.32 Å². The molecule has 0 radical (unpaired) electrons. The lowest BCUT2D eigenvalue weighted by Gasteiger charge is -2.19. The lowest BCUT2D eigenvalue weighted by Crippen LogP contribution is -2.30. The van der Waals surface area contributed by atoms with Crippen LogP contribution in [0.15, 0.2) is 59.5 Å². The summed E-state index contributed by atoms with van der Waals surface area (Å²) in [6.07, 6.45) is 0. The van der Waals surface area contributed by atoms with Gasteiger partial charge in [-0.25, -0.2) is 13.1 Å². The second-order valence-corrected chi connectivity index (χ2v) is 8.87. The van der Waals surface area contributed by atoms with Gasteiger partial charge in [0.05, 0.1) is 22.0 Å². The summed E-state index contributed by atoms with van der Waals surface area (Å²) in [5, 5.41) is 7.38. The van der Waals surface area contributed by atoms with E-state index >= 15 is 0 Å². The number of nitrogens with zero attached hydrogens (tertiary/aromatic N) is 3. The van der Waals surface area contributed by atoms with Crippen LogP contribution in [0, 0.1) is 13.8 Å². The Hall–Kier alpha value is -2.97. The summed E-state index contributed by atoms with van der Waals surface area (Å²) >= 11 is 0. The van der Waals surface area contributed by atoms with Gasteiger partial charge in [0.2, 0.25) is 10.0 Å². The van der Waals surface area contributed by atoms with Crippen molar-refractivity contribution < 1.29 is 13.2 Å². The van der Waals surface area contributed by atoms with Crippen LogP contribution in [0.4, 0.5) is 5.69 Å². The van der Waals surface area contributed by atoms with Gasteiger partial charge >= 0.3 is 0 Å². The molecule has 7 nitrogen and oxygen atoms in total. The van der Waals surface area contributed by atoms with Crippen molar-refractivity contribution in [1.29, 1.82) is 0 Å². The van der Waals surface area contributed by atoms with E-state index in [-0.39, 0.29) is 16.4 Å². The number of nitrogens with one attached hydrogen (secondary N) is 1. The number of aromatic nitrogens is 2. The Morgan fingerprint density at radius 1 is 1.03 bits per heavy atom. The second-order valence-electron chi connectivity index (χ2n) is 6.93. The maximum atomic E-state index is 12.9. The first-order chi connectivity index (χ1) is 14.3. The van der Waals surface area contributed by atoms with Gasteiger partial charge in [0.1, 0.15) is 0 Å². The number of carbonyl (C=O) groups is 1. The van der Waals surface area contributed by atoms with E-state index in [1.807, 2.05) is 38.1 Å². The molecule has 0 aliphatic rings. The minimum absolute atomic E-state index is 0.102. The summed E-state index contributed by atoms with van der Waals surface area (Å²) in [7, 11) is -3.64. The standard InChI is InChI=1S/C22H26N4O3S/c1-5-25(6-2)30(28,29)19-11-9-10-18(15-19)22(27)23-20-12-7-8-13-21(20)26-17(4)14-16(3)24-26/h7-15H,5-6H2,1-4H3,(H,23,27). The molecule has 0 saturated carbocycles. The molecule has 0 aliphatic carbocycles. The molecule has 0 atom stereocenters. The first kappa shape index (κ1) is 21.7. The maximum absolute atomic E-state index is 12.9. The van der Waals surface area contributed by atoms with Gasteiger partial charge in [0, 0.05) is 24.3 Å². The van der Waals surface area contributed by atoms with E-state index in [2.05, 4.69) is 10.4 Å². The van der Waals surface area contributed by atoms with Crippen LogP contribution in [0.2, 0.25) is 0 Å². The SMILES string of the molecule is CCN(CC)S(=O)(=O)c1cccc(C(=O)Nc2ccccc2-n2nc(C)cc2C)c1. The quantitative estimate of drug-likeness (QED) is 0.623. The van der Waals surface area contributed by atoms with E-state index in [4.69, 9.17) is 0 Å². The lowest BCUT2D eigenvalue weighted by molar-refractivity contribution is 0.102. The van der Waals surface area contributed by atoms with Crippen LogP contribution in [0.3, 0.4) is 0 Å². The number of benzene rings is 2. The Balaban J connectivity index is 1.93. The Kier molecular flexibility index (Phi) is 6.38. The topological polar surface area (TPSA) is 84.3 Å². The van der Waals surface area contributed by atoms with Gasteiger partial charge in [-0.2, -0.15) is 9.40 Å². The van der Waals surface area contributed by atoms with Crippen LogP contribution >= 0.6 is 0 Å². The maximum Gasteiger partial charge on any atom is 0.255 e. The zero-order valence-electron chi connectivity index (χ0n) is 17.6. The lowest BCUT2D eigenvalue weighted by atomic mass is 10.2. The molecular formula is C22H26N4O3S. The van der Waals surface area contributed by atoms with E-state index < -0.39 is 10.0 Å². The van der Waals surface area contributed by atoms with Gasteiger partial charge in [-0.05, 0) is 50.2 Å². The Morgan fingerprint density at radius 3 is 2.37 bits per heavy atom. The first-order valence-corrected chi connectivity index (χ1v) is 11.3. The predicted molar refractivity (Wildman–Crippen MR) is 118 cm³/mol. The number of amides is 1. The predicted octanol–water partition coefficient (Wildman–Crippen LogP) is 3.77. The van der Waals surface area contributed by atoms with Crippen LogP contribution in [0.5, 0.6) is 0 Å². The highest BCUT2D eigenvalue weighted by Crippen LogP contribution is 2.23. The van der Waals surface area contributed by atoms with Crippen molar-refractivity contribution in [3.05, 3.63) is 71.5 Å². The van der Waals surface area contributed by atoms with Crippen molar-refractivity contribution in [2.24, 2.45) is 0 Å². The number of hydrogen-bond donors (Lipinski definition) is 1. The molecular weight excluding hydrogens is 400 g/mol. The highest BCUT2D eigenvalue weighted by Gasteiger charge is 2.22. The van der Waals surface area contributed by atoms with Crippen molar-refractivity contribution in [1.82, 2.24) is 14.1 Å². The van der Waals surface area contributed by atoms with E-state index in [0.717, 1.165) is 17.1 Å². The van der Waals surface area contributed by atoms with Crippen molar-refractivity contribution >= 4 is 21.6 Å². The van der Waals surface area contributed by atoms with E-state index in [9.17, 15) is 13.2 Å². The number of anilines is 1. The van der Waals surface area contributed by atoms with Crippen LogP contribution < -0.4 is 5.32 Å². The third-order valence-corrected chi connectivity index (χ3v) is 6.88.